The summed E-state index contributed by atoms with van der Waals surface area (Å²) in [6, 6.07) is 53.8. The molecule has 0 atom stereocenters. The largest absolute Gasteiger partial charge is 0.456 e. The molecule has 2 nitrogen and oxygen atoms in total. The van der Waals surface area contributed by atoms with Gasteiger partial charge in [0.25, 0.3) is 0 Å². The molecule has 0 aliphatic carbocycles. The molecular formula is C37H25NOSi. The molecule has 1 heterocycles. The van der Waals surface area contributed by atoms with Crippen LogP contribution in [-0.2, 0) is 0 Å². The van der Waals surface area contributed by atoms with Crippen molar-refractivity contribution in [2.24, 2.45) is 0 Å². The van der Waals surface area contributed by atoms with Gasteiger partial charge in [0, 0.05) is 10.8 Å². The molecule has 0 aliphatic rings. The monoisotopic (exact) mass is 527 g/mol. The Bertz CT molecular complexity index is 1960. The van der Waals surface area contributed by atoms with E-state index in [4.69, 9.17) is 11.0 Å². The van der Waals surface area contributed by atoms with Crippen molar-refractivity contribution in [1.82, 2.24) is 0 Å². The van der Waals surface area contributed by atoms with Gasteiger partial charge in [-0.15, -0.1) is 0 Å². The van der Waals surface area contributed by atoms with Gasteiger partial charge in [-0.25, -0.2) is 4.85 Å². The number of rotatable bonds is 5. The van der Waals surface area contributed by atoms with Gasteiger partial charge < -0.3 is 4.42 Å². The van der Waals surface area contributed by atoms with Crippen molar-refractivity contribution in [3.8, 4) is 11.1 Å². The van der Waals surface area contributed by atoms with E-state index >= 15 is 0 Å². The molecule has 1 aromatic heterocycles. The fourth-order valence-electron chi connectivity index (χ4n) is 6.00. The van der Waals surface area contributed by atoms with Crippen molar-refractivity contribution in [1.29, 1.82) is 0 Å². The quantitative estimate of drug-likeness (QED) is 0.132. The lowest BCUT2D eigenvalue weighted by molar-refractivity contribution is 0.669. The van der Waals surface area contributed by atoms with E-state index < -0.39 is 8.07 Å². The smallest absolute Gasteiger partial charge is 0.187 e. The molecule has 7 aromatic rings. The minimum absolute atomic E-state index is 0.649. The molecule has 3 heteroatoms. The Morgan fingerprint density at radius 3 is 1.75 bits per heavy atom. The first kappa shape index (κ1) is 23.9. The number of fused-ring (bicyclic) bond motifs is 3. The van der Waals surface area contributed by atoms with Gasteiger partial charge in [-0.3, -0.25) is 0 Å². The predicted octanol–water partition coefficient (Wildman–Crippen LogP) is 7.18. The standard InChI is InChI=1S/C37H25NOSi/c1-38-29-21-19-27(20-22-29)28-11-10-16-32(25-28)40(30-12-4-2-5-13-30,31-14-6-3-7-15-31)33-23-24-35-34-17-8-9-18-36(34)39-37(35)26-33/h2-26H. The second kappa shape index (κ2) is 9.85. The van der Waals surface area contributed by atoms with E-state index in [-0.39, 0.29) is 0 Å². The molecule has 0 unspecified atom stereocenters. The summed E-state index contributed by atoms with van der Waals surface area (Å²) >= 11 is 0. The normalized spacial score (nSPS) is 11.5. The molecule has 0 N–H and O–H groups in total. The second-order valence-corrected chi connectivity index (χ2v) is 13.8. The predicted molar refractivity (Wildman–Crippen MR) is 169 cm³/mol. The topological polar surface area (TPSA) is 17.5 Å². The van der Waals surface area contributed by atoms with Gasteiger partial charge in [-0.1, -0.05) is 140 Å². The third-order valence-corrected chi connectivity index (χ3v) is 12.6. The SMILES string of the molecule is [C-]#[N+]c1ccc(-c2cccc([Si](c3ccccc3)(c3ccccc3)c3ccc4c(c3)oc3ccccc34)c2)cc1. The molecule has 6 aromatic carbocycles. The minimum atomic E-state index is -2.76. The molecule has 0 radical (unpaired) electrons. The molecular weight excluding hydrogens is 502 g/mol. The number of benzene rings is 6. The van der Waals surface area contributed by atoms with Crippen LogP contribution in [0.3, 0.4) is 0 Å². The number of hydrogen-bond donors (Lipinski definition) is 0. The highest BCUT2D eigenvalue weighted by Gasteiger charge is 2.41. The van der Waals surface area contributed by atoms with E-state index in [0.717, 1.165) is 33.1 Å². The van der Waals surface area contributed by atoms with Crippen LogP contribution in [0, 0.1) is 6.57 Å². The van der Waals surface area contributed by atoms with Crippen molar-refractivity contribution < 1.29 is 4.42 Å². The third-order valence-electron chi connectivity index (χ3n) is 7.85. The maximum Gasteiger partial charge on any atom is 0.187 e. The van der Waals surface area contributed by atoms with Crippen LogP contribution in [0.25, 0.3) is 37.9 Å². The Morgan fingerprint density at radius 2 is 1.05 bits per heavy atom. The van der Waals surface area contributed by atoms with Gasteiger partial charge >= 0.3 is 0 Å². The Kier molecular flexibility index (Phi) is 5.89. The molecule has 0 fully saturated rings. The van der Waals surface area contributed by atoms with Gasteiger partial charge in [0.05, 0.1) is 6.57 Å². The summed E-state index contributed by atoms with van der Waals surface area (Å²) in [7, 11) is -2.76. The summed E-state index contributed by atoms with van der Waals surface area (Å²) < 4.78 is 6.41. The number of furan rings is 1. The van der Waals surface area contributed by atoms with E-state index in [1.165, 1.54) is 20.7 Å². The van der Waals surface area contributed by atoms with Crippen molar-refractivity contribution in [3.05, 3.63) is 163 Å². The average molecular weight is 528 g/mol. The summed E-state index contributed by atoms with van der Waals surface area (Å²) in [5.74, 6) is 0. The molecule has 0 aliphatic heterocycles. The van der Waals surface area contributed by atoms with Crippen molar-refractivity contribution in [3.63, 3.8) is 0 Å². The highest BCUT2D eigenvalue weighted by Crippen LogP contribution is 2.29. The van der Waals surface area contributed by atoms with E-state index in [1.54, 1.807) is 0 Å². The molecule has 0 spiro atoms. The lowest BCUT2D eigenvalue weighted by atomic mass is 10.1. The minimum Gasteiger partial charge on any atom is -0.456 e. The summed E-state index contributed by atoms with van der Waals surface area (Å²) in [5, 5.41) is 7.48. The summed E-state index contributed by atoms with van der Waals surface area (Å²) in [4.78, 5) is 3.57. The van der Waals surface area contributed by atoms with Crippen LogP contribution >= 0.6 is 0 Å². The van der Waals surface area contributed by atoms with Gasteiger partial charge in [0.2, 0.25) is 0 Å². The van der Waals surface area contributed by atoms with E-state index in [9.17, 15) is 0 Å². The zero-order chi connectivity index (χ0) is 26.9. The first-order valence-corrected chi connectivity index (χ1v) is 15.4. The molecule has 188 valence electrons. The zero-order valence-corrected chi connectivity index (χ0v) is 22.8. The van der Waals surface area contributed by atoms with E-state index in [2.05, 4.69) is 120 Å². The maximum absolute atomic E-state index is 7.34. The fraction of sp³-hybridized carbons (Fsp3) is 0. The number of hydrogen-bond acceptors (Lipinski definition) is 1. The van der Waals surface area contributed by atoms with Gasteiger partial charge in [0.15, 0.2) is 13.8 Å². The van der Waals surface area contributed by atoms with Crippen molar-refractivity contribution in [2.45, 2.75) is 0 Å². The van der Waals surface area contributed by atoms with E-state index in [1.807, 2.05) is 36.4 Å². The number of nitrogens with zero attached hydrogens (tertiary/aromatic N) is 1. The van der Waals surface area contributed by atoms with Crippen molar-refractivity contribution in [2.75, 3.05) is 0 Å². The van der Waals surface area contributed by atoms with Crippen LogP contribution < -0.4 is 20.7 Å². The first-order chi connectivity index (χ1) is 19.8. The summed E-state index contributed by atoms with van der Waals surface area (Å²) in [5.41, 5.74) is 4.71. The van der Waals surface area contributed by atoms with Gasteiger partial charge in [-0.05, 0) is 44.0 Å². The van der Waals surface area contributed by atoms with Gasteiger partial charge in [-0.2, -0.15) is 0 Å². The summed E-state index contributed by atoms with van der Waals surface area (Å²) in [6.07, 6.45) is 0. The lowest BCUT2D eigenvalue weighted by Gasteiger charge is -2.34. The Morgan fingerprint density at radius 1 is 0.450 bits per heavy atom. The van der Waals surface area contributed by atoms with Crippen LogP contribution in [0.15, 0.2) is 156 Å². The van der Waals surface area contributed by atoms with Crippen LogP contribution in [0.4, 0.5) is 5.69 Å². The lowest BCUT2D eigenvalue weighted by Crippen LogP contribution is -2.74. The van der Waals surface area contributed by atoms with Crippen LogP contribution in [-0.4, -0.2) is 8.07 Å². The van der Waals surface area contributed by atoms with Crippen LogP contribution in [0.1, 0.15) is 0 Å². The van der Waals surface area contributed by atoms with Crippen LogP contribution in [0.2, 0.25) is 0 Å². The number of para-hydroxylation sites is 1. The Labute approximate surface area is 234 Å². The van der Waals surface area contributed by atoms with Crippen molar-refractivity contribution >= 4 is 56.4 Å². The fourth-order valence-corrected chi connectivity index (χ4v) is 10.8. The molecule has 0 bridgehead atoms. The zero-order valence-electron chi connectivity index (χ0n) is 21.8. The Hall–Kier alpha value is -5.17. The average Bonchev–Trinajstić information content (AvgIpc) is 3.41. The van der Waals surface area contributed by atoms with E-state index in [0.29, 0.717) is 5.69 Å². The van der Waals surface area contributed by atoms with Gasteiger partial charge in [0.1, 0.15) is 11.2 Å². The molecule has 0 saturated heterocycles. The Balaban J connectivity index is 1.54. The van der Waals surface area contributed by atoms with Crippen LogP contribution in [0.5, 0.6) is 0 Å². The molecule has 0 saturated carbocycles. The molecule has 40 heavy (non-hydrogen) atoms. The molecule has 0 amide bonds. The first-order valence-electron chi connectivity index (χ1n) is 13.4. The maximum atomic E-state index is 7.34. The third kappa shape index (κ3) is 3.86. The highest BCUT2D eigenvalue weighted by molar-refractivity contribution is 7.20. The molecule has 7 rings (SSSR count). The summed E-state index contributed by atoms with van der Waals surface area (Å²) in [6.45, 7) is 7.34. The highest BCUT2D eigenvalue weighted by atomic mass is 28.3. The second-order valence-electron chi connectivity index (χ2n) is 10.0.